The molecule has 0 aromatic heterocycles. The van der Waals surface area contributed by atoms with Gasteiger partial charge in [-0.05, 0) is 6.92 Å². The molecule has 0 saturated heterocycles. The lowest BCUT2D eigenvalue weighted by atomic mass is 10.7. The fourth-order valence-corrected chi connectivity index (χ4v) is 0.184. The zero-order chi connectivity index (χ0) is 5.54. The molecule has 0 heterocycles. The highest BCUT2D eigenvalue weighted by Gasteiger charge is 1.61. The number of rotatable bonds is 1. The van der Waals surface area contributed by atoms with E-state index in [1.165, 1.54) is 0 Å². The molecule has 0 fully saturated rings. The van der Waals surface area contributed by atoms with Crippen LogP contribution in [-0.4, -0.2) is 6.54 Å². The molecule has 36 valence electrons. The van der Waals surface area contributed by atoms with E-state index in [9.17, 15) is 0 Å². The van der Waals surface area contributed by atoms with E-state index in [0.717, 1.165) is 0 Å². The minimum Gasteiger partial charge on any atom is -0.334 e. The third kappa shape index (κ3) is 4.92. The molecule has 0 aliphatic heterocycles. The van der Waals surface area contributed by atoms with Gasteiger partial charge in [-0.25, -0.2) is 0 Å². The quantitative estimate of drug-likeness (QED) is 0.277. The maximum Gasteiger partial charge on any atom is 0.0838 e. The van der Waals surface area contributed by atoms with Crippen molar-refractivity contribution in [3.8, 4) is 24.3 Å². The molecule has 0 aliphatic carbocycles. The molecule has 1 nitrogen and oxygen atoms in total. The molecule has 0 spiro atoms. The Morgan fingerprint density at radius 2 is 2.43 bits per heavy atom. The fraction of sp³-hybridized carbons (Fsp3) is 0.333. The van der Waals surface area contributed by atoms with Crippen molar-refractivity contribution in [1.82, 2.24) is 5.32 Å². The first-order chi connectivity index (χ1) is 3.41. The van der Waals surface area contributed by atoms with Crippen LogP contribution in [0.4, 0.5) is 0 Å². The predicted molar refractivity (Wildman–Crippen MR) is 30.3 cm³/mol. The van der Waals surface area contributed by atoms with E-state index in [2.05, 4.69) is 23.2 Å². The first kappa shape index (κ1) is 5.92. The molecule has 0 bridgehead atoms. The zero-order valence-electron chi connectivity index (χ0n) is 4.28. The summed E-state index contributed by atoms with van der Waals surface area (Å²) in [6.45, 7) is 2.28. The molecular weight excluding hydrogens is 86.1 g/mol. The van der Waals surface area contributed by atoms with E-state index in [4.69, 9.17) is 6.42 Å². The fourth-order valence-electron chi connectivity index (χ4n) is 0.184. The first-order valence-electron chi connectivity index (χ1n) is 2.00. The second kappa shape index (κ2) is 4.92. The highest BCUT2D eigenvalue weighted by atomic mass is 14.8. The van der Waals surface area contributed by atoms with Crippen molar-refractivity contribution < 1.29 is 0 Å². The van der Waals surface area contributed by atoms with Crippen LogP contribution in [0.2, 0.25) is 0 Å². The van der Waals surface area contributed by atoms with Crippen molar-refractivity contribution in [2.24, 2.45) is 0 Å². The second-order valence-corrected chi connectivity index (χ2v) is 0.933. The molecule has 0 radical (unpaired) electrons. The smallest absolute Gasteiger partial charge is 0.0838 e. The van der Waals surface area contributed by atoms with Crippen molar-refractivity contribution in [3.63, 3.8) is 0 Å². The molecule has 0 atom stereocenters. The number of hydrogen-bond acceptors (Lipinski definition) is 1. The molecule has 0 aromatic carbocycles. The third-order valence-corrected chi connectivity index (χ3v) is 0.404. The van der Waals surface area contributed by atoms with Crippen LogP contribution >= 0.6 is 0 Å². The molecule has 0 amide bonds. The second-order valence-electron chi connectivity index (χ2n) is 0.933. The van der Waals surface area contributed by atoms with Gasteiger partial charge < -0.3 is 5.32 Å². The van der Waals surface area contributed by atoms with Crippen LogP contribution < -0.4 is 5.32 Å². The third-order valence-electron chi connectivity index (χ3n) is 0.404. The molecular formula is C6H7N. The summed E-state index contributed by atoms with van der Waals surface area (Å²) in [7, 11) is 0. The van der Waals surface area contributed by atoms with E-state index in [1.807, 2.05) is 0 Å². The van der Waals surface area contributed by atoms with Gasteiger partial charge in [0.2, 0.25) is 0 Å². The van der Waals surface area contributed by atoms with Crippen molar-refractivity contribution in [2.75, 3.05) is 6.54 Å². The van der Waals surface area contributed by atoms with Gasteiger partial charge in [-0.15, -0.1) is 6.42 Å². The SMILES string of the molecule is C#CCNC#CC. The number of terminal acetylenes is 1. The first-order valence-corrected chi connectivity index (χ1v) is 2.00. The molecule has 0 unspecified atom stereocenters. The van der Waals surface area contributed by atoms with Crippen molar-refractivity contribution in [2.45, 2.75) is 6.92 Å². The summed E-state index contributed by atoms with van der Waals surface area (Å²) in [5.41, 5.74) is 0. The van der Waals surface area contributed by atoms with Gasteiger partial charge in [-0.3, -0.25) is 0 Å². The van der Waals surface area contributed by atoms with Crippen molar-refractivity contribution in [1.29, 1.82) is 0 Å². The van der Waals surface area contributed by atoms with Crippen molar-refractivity contribution in [3.05, 3.63) is 0 Å². The number of nitrogens with one attached hydrogen (secondary N) is 1. The van der Waals surface area contributed by atoms with Crippen LogP contribution in [-0.2, 0) is 0 Å². The predicted octanol–water partition coefficient (Wildman–Crippen LogP) is 0.190. The highest BCUT2D eigenvalue weighted by Crippen LogP contribution is 1.47. The largest absolute Gasteiger partial charge is 0.334 e. The van der Waals surface area contributed by atoms with E-state index >= 15 is 0 Å². The Labute approximate surface area is 44.1 Å². The van der Waals surface area contributed by atoms with E-state index in [-0.39, 0.29) is 0 Å². The standard InChI is InChI=1S/C6H7N/c1-3-5-7-6-4-2/h1,7H,5H2,2H3. The van der Waals surface area contributed by atoms with Crippen LogP contribution in [0.5, 0.6) is 0 Å². The molecule has 0 aromatic rings. The van der Waals surface area contributed by atoms with Gasteiger partial charge in [0.25, 0.3) is 0 Å². The Hall–Kier alpha value is -1.08. The maximum atomic E-state index is 4.89. The Kier molecular flexibility index (Phi) is 4.16. The van der Waals surface area contributed by atoms with Crippen LogP contribution in [0.3, 0.4) is 0 Å². The lowest BCUT2D eigenvalue weighted by molar-refractivity contribution is 1.05. The van der Waals surface area contributed by atoms with Gasteiger partial charge in [0.1, 0.15) is 0 Å². The lowest BCUT2D eigenvalue weighted by Gasteiger charge is -1.80. The summed E-state index contributed by atoms with van der Waals surface area (Å²) in [5, 5.41) is 2.69. The summed E-state index contributed by atoms with van der Waals surface area (Å²) >= 11 is 0. The summed E-state index contributed by atoms with van der Waals surface area (Å²) < 4.78 is 0. The van der Waals surface area contributed by atoms with Crippen LogP contribution in [0.15, 0.2) is 0 Å². The Morgan fingerprint density at radius 3 is 2.86 bits per heavy atom. The van der Waals surface area contributed by atoms with E-state index in [0.29, 0.717) is 6.54 Å². The molecule has 1 heteroatoms. The topological polar surface area (TPSA) is 12.0 Å². The summed E-state index contributed by atoms with van der Waals surface area (Å²) in [4.78, 5) is 0. The van der Waals surface area contributed by atoms with Gasteiger partial charge >= 0.3 is 0 Å². The van der Waals surface area contributed by atoms with Crippen LogP contribution in [0, 0.1) is 24.3 Å². The monoisotopic (exact) mass is 93.1 g/mol. The highest BCUT2D eigenvalue weighted by molar-refractivity contribution is 4.97. The molecule has 0 rings (SSSR count). The normalized spacial score (nSPS) is 5.14. The summed E-state index contributed by atoms with van der Waals surface area (Å²) in [5.74, 6) is 5.03. The molecule has 0 aliphatic rings. The zero-order valence-corrected chi connectivity index (χ0v) is 4.28. The maximum absolute atomic E-state index is 4.89. The average Bonchev–Trinajstić information content (AvgIpc) is 1.69. The average molecular weight is 93.1 g/mol. The van der Waals surface area contributed by atoms with Gasteiger partial charge in [-0.1, -0.05) is 11.8 Å². The molecule has 7 heavy (non-hydrogen) atoms. The lowest BCUT2D eigenvalue weighted by Crippen LogP contribution is -2.03. The van der Waals surface area contributed by atoms with Gasteiger partial charge in [0.05, 0.1) is 6.54 Å². The Balaban J connectivity index is 2.98. The molecule has 0 saturated carbocycles. The minimum atomic E-state index is 0.529. The summed E-state index contributed by atoms with van der Waals surface area (Å²) in [6.07, 6.45) is 4.89. The number of hydrogen-bond donors (Lipinski definition) is 1. The van der Waals surface area contributed by atoms with Gasteiger partial charge in [0.15, 0.2) is 0 Å². The van der Waals surface area contributed by atoms with Gasteiger partial charge in [-0.2, -0.15) is 0 Å². The van der Waals surface area contributed by atoms with Crippen LogP contribution in [0.25, 0.3) is 0 Å². The van der Waals surface area contributed by atoms with Gasteiger partial charge in [0, 0.05) is 6.04 Å². The van der Waals surface area contributed by atoms with E-state index in [1.54, 1.807) is 6.92 Å². The Morgan fingerprint density at radius 1 is 1.71 bits per heavy atom. The summed E-state index contributed by atoms with van der Waals surface area (Å²) in [6, 6.07) is 2.61. The van der Waals surface area contributed by atoms with Crippen molar-refractivity contribution >= 4 is 0 Å². The molecule has 1 N–H and O–H groups in total. The Bertz CT molecular complexity index is 119. The van der Waals surface area contributed by atoms with Crippen LogP contribution in [0.1, 0.15) is 6.92 Å². The van der Waals surface area contributed by atoms with E-state index < -0.39 is 0 Å². The minimum absolute atomic E-state index is 0.529.